The van der Waals surface area contributed by atoms with Gasteiger partial charge in [0.05, 0.1) is 16.6 Å². The maximum absolute atomic E-state index is 13.5. The Morgan fingerprint density at radius 2 is 1.78 bits per heavy atom. The minimum atomic E-state index is -1.06. The predicted octanol–water partition coefficient (Wildman–Crippen LogP) is 3.06. The number of aryl methyl sites for hydroxylation is 1. The van der Waals surface area contributed by atoms with Crippen molar-refractivity contribution in [1.82, 2.24) is 14.8 Å². The second-order valence-corrected chi connectivity index (χ2v) is 9.47. The van der Waals surface area contributed by atoms with Crippen LogP contribution in [0.2, 0.25) is 0 Å². The Hall–Kier alpha value is -3.33. The van der Waals surface area contributed by atoms with Gasteiger partial charge in [-0.15, -0.1) is 5.10 Å². The van der Waals surface area contributed by atoms with Crippen molar-refractivity contribution < 1.29 is 9.59 Å². The van der Waals surface area contributed by atoms with E-state index >= 15 is 0 Å². The molecule has 2 N–H and O–H groups in total. The van der Waals surface area contributed by atoms with Gasteiger partial charge in [-0.1, -0.05) is 54.2 Å². The minimum absolute atomic E-state index is 0.229. The first kappa shape index (κ1) is 21.9. The third-order valence-electron chi connectivity index (χ3n) is 5.55. The van der Waals surface area contributed by atoms with Crippen molar-refractivity contribution in [3.63, 3.8) is 0 Å². The first-order valence-electron chi connectivity index (χ1n) is 10.4. The van der Waals surface area contributed by atoms with Gasteiger partial charge in [0.25, 0.3) is 0 Å². The first-order valence-corrected chi connectivity index (χ1v) is 11.3. The molecule has 1 aromatic heterocycles. The van der Waals surface area contributed by atoms with Crippen LogP contribution in [0.3, 0.4) is 0 Å². The molecule has 8 nitrogen and oxygen atoms in total. The van der Waals surface area contributed by atoms with Crippen molar-refractivity contribution in [2.45, 2.75) is 49.7 Å². The lowest BCUT2D eigenvalue weighted by atomic mass is 9.96. The largest absolute Gasteiger partial charge is 0.343 e. The van der Waals surface area contributed by atoms with E-state index in [1.807, 2.05) is 48.5 Å². The maximum atomic E-state index is 13.5. The molecule has 2 heterocycles. The van der Waals surface area contributed by atoms with Gasteiger partial charge in [-0.2, -0.15) is 0 Å². The molecule has 166 valence electrons. The smallest absolute Gasteiger partial charge is 0.322 e. The number of nitrogens with one attached hydrogen (secondary N) is 2. The molecule has 2 aromatic carbocycles. The number of hydrogen-bond acceptors (Lipinski definition) is 5. The quantitative estimate of drug-likeness (QED) is 0.561. The van der Waals surface area contributed by atoms with Crippen molar-refractivity contribution in [3.8, 4) is 0 Å². The monoisotopic (exact) mass is 451 g/mol. The van der Waals surface area contributed by atoms with E-state index in [1.54, 1.807) is 31.4 Å². The van der Waals surface area contributed by atoms with Crippen molar-refractivity contribution >= 4 is 35.0 Å². The fourth-order valence-electron chi connectivity index (χ4n) is 3.71. The zero-order valence-corrected chi connectivity index (χ0v) is 19.0. The van der Waals surface area contributed by atoms with Gasteiger partial charge in [-0.05, 0) is 44.9 Å². The fourth-order valence-corrected chi connectivity index (χ4v) is 4.63. The predicted molar refractivity (Wildman–Crippen MR) is 125 cm³/mol. The van der Waals surface area contributed by atoms with Crippen LogP contribution in [-0.2, 0) is 22.6 Å². The second kappa shape index (κ2) is 8.66. The Kier molecular flexibility index (Phi) is 5.92. The topological polar surface area (TPSA) is 100 Å². The number of thioether (sulfide) groups is 1. The van der Waals surface area contributed by atoms with Gasteiger partial charge in [0.2, 0.25) is 11.8 Å². The van der Waals surface area contributed by atoms with E-state index in [1.165, 1.54) is 16.7 Å². The summed E-state index contributed by atoms with van der Waals surface area (Å²) in [5.41, 5.74) is 0.989. The molecule has 1 aliphatic heterocycles. The summed E-state index contributed by atoms with van der Waals surface area (Å²) in [6.07, 6.45) is 0.670. The summed E-state index contributed by atoms with van der Waals surface area (Å²) in [7, 11) is 0. The average molecular weight is 452 g/mol. The number of aromatic nitrogens is 3. The highest BCUT2D eigenvalue weighted by Crippen LogP contribution is 2.38. The summed E-state index contributed by atoms with van der Waals surface area (Å²) >= 11 is 1.20. The summed E-state index contributed by atoms with van der Waals surface area (Å²) in [5.74, 6) is -0.478. The SMILES string of the molecule is C[C@@H](Sc1n[nH]c(=O)n1CCc1ccccc1)C(=O)N1c2ccccc2NC(=O)C1(C)C. The summed E-state index contributed by atoms with van der Waals surface area (Å²) < 4.78 is 1.55. The number of rotatable bonds is 6. The molecule has 0 fully saturated rings. The Morgan fingerprint density at radius 3 is 2.53 bits per heavy atom. The first-order chi connectivity index (χ1) is 15.3. The highest BCUT2D eigenvalue weighted by Gasteiger charge is 2.45. The third kappa shape index (κ3) is 4.08. The zero-order valence-electron chi connectivity index (χ0n) is 18.2. The summed E-state index contributed by atoms with van der Waals surface area (Å²) in [6.45, 7) is 5.65. The lowest BCUT2D eigenvalue weighted by Gasteiger charge is -2.43. The molecule has 0 saturated carbocycles. The molecule has 0 unspecified atom stereocenters. The van der Waals surface area contributed by atoms with Crippen molar-refractivity contribution in [2.75, 3.05) is 10.2 Å². The average Bonchev–Trinajstić information content (AvgIpc) is 3.12. The normalized spacial score (nSPS) is 15.7. The van der Waals surface area contributed by atoms with Crippen LogP contribution in [0.5, 0.6) is 0 Å². The Balaban J connectivity index is 1.56. The minimum Gasteiger partial charge on any atom is -0.322 e. The van der Waals surface area contributed by atoms with E-state index in [4.69, 9.17) is 0 Å². The molecule has 1 aliphatic rings. The van der Waals surface area contributed by atoms with E-state index in [0.717, 1.165) is 5.56 Å². The molecule has 1 atom stereocenters. The van der Waals surface area contributed by atoms with Crippen LogP contribution in [0.1, 0.15) is 26.3 Å². The van der Waals surface area contributed by atoms with E-state index < -0.39 is 10.8 Å². The molecule has 32 heavy (non-hydrogen) atoms. The number of H-pyrrole nitrogens is 1. The van der Waals surface area contributed by atoms with Crippen LogP contribution in [0.4, 0.5) is 11.4 Å². The summed E-state index contributed by atoms with van der Waals surface area (Å²) in [6, 6.07) is 17.1. The molecule has 4 rings (SSSR count). The van der Waals surface area contributed by atoms with E-state index in [9.17, 15) is 14.4 Å². The van der Waals surface area contributed by atoms with Gasteiger partial charge >= 0.3 is 5.69 Å². The number of nitrogens with zero attached hydrogens (tertiary/aromatic N) is 3. The summed E-state index contributed by atoms with van der Waals surface area (Å²) in [4.78, 5) is 40.0. The van der Waals surface area contributed by atoms with Crippen molar-refractivity contribution in [2.24, 2.45) is 0 Å². The number of aromatic amines is 1. The Morgan fingerprint density at radius 1 is 1.09 bits per heavy atom. The zero-order chi connectivity index (χ0) is 22.9. The van der Waals surface area contributed by atoms with E-state index in [-0.39, 0.29) is 17.5 Å². The van der Waals surface area contributed by atoms with Gasteiger partial charge in [-0.25, -0.2) is 9.89 Å². The molecule has 2 amide bonds. The highest BCUT2D eigenvalue weighted by atomic mass is 32.2. The summed E-state index contributed by atoms with van der Waals surface area (Å²) in [5, 5.41) is 9.35. The molecular weight excluding hydrogens is 426 g/mol. The molecule has 0 aliphatic carbocycles. The van der Waals surface area contributed by atoms with Crippen molar-refractivity contribution in [1.29, 1.82) is 0 Å². The van der Waals surface area contributed by atoms with Crippen LogP contribution in [-0.4, -0.2) is 37.4 Å². The second-order valence-electron chi connectivity index (χ2n) is 8.16. The Labute approximate surface area is 190 Å². The van der Waals surface area contributed by atoms with Crippen LogP contribution in [0.15, 0.2) is 64.5 Å². The van der Waals surface area contributed by atoms with E-state index in [2.05, 4.69) is 15.5 Å². The van der Waals surface area contributed by atoms with Gasteiger partial charge < -0.3 is 5.32 Å². The van der Waals surface area contributed by atoms with Crippen LogP contribution < -0.4 is 15.9 Å². The van der Waals surface area contributed by atoms with Crippen LogP contribution in [0, 0.1) is 0 Å². The number of anilines is 2. The lowest BCUT2D eigenvalue weighted by molar-refractivity contribution is -0.126. The van der Waals surface area contributed by atoms with Crippen LogP contribution in [0.25, 0.3) is 0 Å². The van der Waals surface area contributed by atoms with Gasteiger partial charge in [0.1, 0.15) is 5.54 Å². The standard InChI is InChI=1S/C23H25N5O3S/c1-15(19(29)28-18-12-8-7-11-17(18)24-20(30)23(28,2)3)32-22-26-25-21(31)27(22)14-13-16-9-5-4-6-10-16/h4-12,15H,13-14H2,1-3H3,(H,24,30)(H,25,31)/t15-/m1/s1. The van der Waals surface area contributed by atoms with Gasteiger partial charge in [0.15, 0.2) is 5.16 Å². The molecule has 9 heteroatoms. The number of hydrogen-bond donors (Lipinski definition) is 2. The number of para-hydroxylation sites is 2. The van der Waals surface area contributed by atoms with Gasteiger partial charge in [0, 0.05) is 6.54 Å². The highest BCUT2D eigenvalue weighted by molar-refractivity contribution is 8.00. The third-order valence-corrected chi connectivity index (χ3v) is 6.63. The Bertz CT molecular complexity index is 1200. The number of fused-ring (bicyclic) bond motifs is 1. The number of amides is 2. The van der Waals surface area contributed by atoms with E-state index in [0.29, 0.717) is 29.5 Å². The molecule has 0 bridgehead atoms. The molecule has 3 aromatic rings. The fraction of sp³-hybridized carbons (Fsp3) is 0.304. The van der Waals surface area contributed by atoms with Gasteiger partial charge in [-0.3, -0.25) is 19.1 Å². The van der Waals surface area contributed by atoms with Crippen molar-refractivity contribution in [3.05, 3.63) is 70.6 Å². The lowest BCUT2D eigenvalue weighted by Crippen LogP contribution is -2.60. The number of carbonyl (C=O) groups excluding carboxylic acids is 2. The molecule has 0 spiro atoms. The molecule has 0 saturated heterocycles. The molecular formula is C23H25N5O3S. The number of carbonyl (C=O) groups is 2. The maximum Gasteiger partial charge on any atom is 0.343 e. The molecule has 0 radical (unpaired) electrons. The number of benzene rings is 2. The van der Waals surface area contributed by atoms with Crippen LogP contribution >= 0.6 is 11.8 Å².